The minimum atomic E-state index is -0.0896. The molecule has 5 atom stereocenters. The number of imidazole rings is 2. The molecule has 2 saturated heterocycles. The van der Waals surface area contributed by atoms with Gasteiger partial charge in [-0.1, -0.05) is 45.4 Å². The molecule has 0 saturated carbocycles. The smallest absolute Gasteiger partial charge is 0.223 e. The molecule has 2 fully saturated rings. The minimum Gasteiger partial charge on any atom is -0.488 e. The van der Waals surface area contributed by atoms with Crippen LogP contribution in [-0.2, 0) is 20.9 Å². The molecule has 0 bridgehead atoms. The number of ether oxygens (including phenoxy) is 2. The van der Waals surface area contributed by atoms with Crippen molar-refractivity contribution in [1.29, 1.82) is 0 Å². The number of benzene rings is 3. The number of carbonyl (C=O) groups is 2. The molecule has 2 aromatic heterocycles. The Bertz CT molecular complexity index is 2140. The highest BCUT2D eigenvalue weighted by molar-refractivity contribution is 6.07. The lowest BCUT2D eigenvalue weighted by atomic mass is 9.92. The molecule has 2 N–H and O–H groups in total. The number of aromatic amines is 2. The minimum absolute atomic E-state index is 0.0285. The first-order valence-corrected chi connectivity index (χ1v) is 19.1. The fourth-order valence-electron chi connectivity index (χ4n) is 8.68. The second-order valence-corrected chi connectivity index (χ2v) is 15.3. The van der Waals surface area contributed by atoms with Crippen molar-refractivity contribution in [1.82, 2.24) is 29.7 Å². The second-order valence-electron chi connectivity index (χ2n) is 15.3. The third-order valence-electron chi connectivity index (χ3n) is 11.7. The van der Waals surface area contributed by atoms with E-state index < -0.39 is 0 Å². The monoisotopic (exact) mass is 702 g/mol. The molecule has 0 aliphatic carbocycles. The van der Waals surface area contributed by atoms with E-state index in [1.807, 2.05) is 16.0 Å². The zero-order valence-corrected chi connectivity index (χ0v) is 31.0. The molecule has 52 heavy (non-hydrogen) atoms. The van der Waals surface area contributed by atoms with Crippen molar-refractivity contribution in [2.45, 2.75) is 97.4 Å². The lowest BCUT2D eigenvalue weighted by Gasteiger charge is -2.27. The predicted octanol–water partition coefficient (Wildman–Crippen LogP) is 8.49. The van der Waals surface area contributed by atoms with Crippen LogP contribution in [-0.4, -0.2) is 67.9 Å². The number of aromatic nitrogens is 4. The molecule has 0 radical (unpaired) electrons. The maximum absolute atomic E-state index is 13.4. The number of nitrogens with zero attached hydrogens (tertiary/aromatic N) is 4. The van der Waals surface area contributed by atoms with Gasteiger partial charge >= 0.3 is 0 Å². The van der Waals surface area contributed by atoms with E-state index in [-0.39, 0.29) is 35.9 Å². The summed E-state index contributed by atoms with van der Waals surface area (Å²) in [5.41, 5.74) is 7.18. The zero-order chi connectivity index (χ0) is 36.1. The number of methoxy groups -OCH3 is 1. The molecule has 5 aromatic rings. The summed E-state index contributed by atoms with van der Waals surface area (Å²) in [6.07, 6.45) is 7.56. The Labute approximate surface area is 305 Å². The number of fused-ring (bicyclic) bond motifs is 6. The number of hydrogen-bond donors (Lipinski definition) is 2. The first-order valence-electron chi connectivity index (χ1n) is 19.1. The quantitative estimate of drug-likeness (QED) is 0.151. The highest BCUT2D eigenvalue weighted by atomic mass is 16.5. The maximum Gasteiger partial charge on any atom is 0.223 e. The van der Waals surface area contributed by atoms with Gasteiger partial charge in [0, 0.05) is 49.4 Å². The molecular formula is C42H50N6O4. The average molecular weight is 703 g/mol. The van der Waals surface area contributed by atoms with Gasteiger partial charge in [-0.05, 0) is 84.9 Å². The van der Waals surface area contributed by atoms with Gasteiger partial charge in [-0.25, -0.2) is 9.97 Å². The van der Waals surface area contributed by atoms with Crippen LogP contribution in [0, 0.1) is 11.8 Å². The number of rotatable bonds is 10. The molecule has 0 spiro atoms. The molecule has 2 amide bonds. The van der Waals surface area contributed by atoms with E-state index in [0.717, 1.165) is 99.3 Å². The summed E-state index contributed by atoms with van der Waals surface area (Å²) in [6.45, 7) is 10.3. The van der Waals surface area contributed by atoms with Gasteiger partial charge in [-0.3, -0.25) is 9.59 Å². The van der Waals surface area contributed by atoms with Crippen LogP contribution in [0.25, 0.3) is 44.2 Å². The van der Waals surface area contributed by atoms with E-state index in [9.17, 15) is 9.59 Å². The SMILES string of the molecule is CCCC(=O)N1[C@@H](C)CC[C@H]1c1nc2ccc3cc4c(cc3c2[nH]1)OCc1cc(-c2cnc([C@@H]3C[C@H](COC)CN3C(=O)C[C@@H](C)CC)[nH]2)ccc1-4. The summed E-state index contributed by atoms with van der Waals surface area (Å²) in [5.74, 6) is 3.58. The number of amides is 2. The van der Waals surface area contributed by atoms with Crippen LogP contribution in [0.15, 0.2) is 48.7 Å². The fourth-order valence-corrected chi connectivity index (χ4v) is 8.68. The molecule has 10 heteroatoms. The van der Waals surface area contributed by atoms with Gasteiger partial charge in [-0.2, -0.15) is 0 Å². The lowest BCUT2D eigenvalue weighted by Crippen LogP contribution is -2.35. The van der Waals surface area contributed by atoms with Crippen LogP contribution in [0.5, 0.6) is 5.75 Å². The molecule has 3 aliphatic rings. The Hall–Kier alpha value is -4.70. The van der Waals surface area contributed by atoms with E-state index in [1.54, 1.807) is 7.11 Å². The first-order chi connectivity index (χ1) is 25.3. The van der Waals surface area contributed by atoms with Crippen LogP contribution in [0.1, 0.15) is 102 Å². The van der Waals surface area contributed by atoms with E-state index in [1.165, 1.54) is 0 Å². The van der Waals surface area contributed by atoms with Gasteiger partial charge in [0.05, 0.1) is 41.6 Å². The number of nitrogens with one attached hydrogen (secondary N) is 2. The Morgan fingerprint density at radius 1 is 1.02 bits per heavy atom. The maximum atomic E-state index is 13.4. The summed E-state index contributed by atoms with van der Waals surface area (Å²) in [5, 5.41) is 2.17. The first kappa shape index (κ1) is 34.4. The molecule has 3 aliphatic heterocycles. The summed E-state index contributed by atoms with van der Waals surface area (Å²) in [7, 11) is 1.72. The lowest BCUT2D eigenvalue weighted by molar-refractivity contribution is -0.134. The van der Waals surface area contributed by atoms with E-state index in [0.29, 0.717) is 38.5 Å². The normalized spacial score (nSPS) is 21.8. The molecule has 3 aromatic carbocycles. The van der Waals surface area contributed by atoms with Crippen molar-refractivity contribution in [2.24, 2.45) is 11.8 Å². The number of H-pyrrole nitrogens is 2. The van der Waals surface area contributed by atoms with Crippen molar-refractivity contribution in [3.63, 3.8) is 0 Å². The summed E-state index contributed by atoms with van der Waals surface area (Å²) in [4.78, 5) is 47.5. The second kappa shape index (κ2) is 14.0. The Balaban J connectivity index is 1.06. The van der Waals surface area contributed by atoms with Gasteiger partial charge in [0.2, 0.25) is 11.8 Å². The summed E-state index contributed by atoms with van der Waals surface area (Å²) < 4.78 is 11.9. The highest BCUT2D eigenvalue weighted by Gasteiger charge is 2.39. The topological polar surface area (TPSA) is 116 Å². The van der Waals surface area contributed by atoms with E-state index >= 15 is 0 Å². The summed E-state index contributed by atoms with van der Waals surface area (Å²) >= 11 is 0. The average Bonchev–Trinajstić information content (AvgIpc) is 3.96. The molecule has 10 nitrogen and oxygen atoms in total. The van der Waals surface area contributed by atoms with Crippen LogP contribution >= 0.6 is 0 Å². The van der Waals surface area contributed by atoms with Crippen molar-refractivity contribution in [3.05, 3.63) is 65.9 Å². The highest BCUT2D eigenvalue weighted by Crippen LogP contribution is 2.44. The van der Waals surface area contributed by atoms with E-state index in [2.05, 4.69) is 80.1 Å². The third kappa shape index (κ3) is 6.14. The number of likely N-dealkylation sites (tertiary alicyclic amines) is 2. The van der Waals surface area contributed by atoms with Crippen LogP contribution in [0.3, 0.4) is 0 Å². The van der Waals surface area contributed by atoms with Gasteiger partial charge in [0.1, 0.15) is 24.0 Å². The third-order valence-corrected chi connectivity index (χ3v) is 11.7. The largest absolute Gasteiger partial charge is 0.488 e. The van der Waals surface area contributed by atoms with Gasteiger partial charge < -0.3 is 29.2 Å². The number of hydrogen-bond acceptors (Lipinski definition) is 6. The number of carbonyl (C=O) groups excluding carboxylic acids is 2. The fraction of sp³-hybridized carbons (Fsp3) is 0.476. The van der Waals surface area contributed by atoms with Gasteiger partial charge in [0.15, 0.2) is 0 Å². The molecular weight excluding hydrogens is 652 g/mol. The van der Waals surface area contributed by atoms with Gasteiger partial charge in [0.25, 0.3) is 0 Å². The molecule has 5 heterocycles. The molecule has 0 unspecified atom stereocenters. The predicted molar refractivity (Wildman–Crippen MR) is 203 cm³/mol. The van der Waals surface area contributed by atoms with Crippen molar-refractivity contribution in [3.8, 4) is 28.1 Å². The zero-order valence-electron chi connectivity index (χ0n) is 31.0. The Morgan fingerprint density at radius 2 is 1.88 bits per heavy atom. The van der Waals surface area contributed by atoms with Gasteiger partial charge in [-0.15, -0.1) is 0 Å². The molecule has 8 rings (SSSR count). The summed E-state index contributed by atoms with van der Waals surface area (Å²) in [6, 6.07) is 15.2. The van der Waals surface area contributed by atoms with Crippen LogP contribution < -0.4 is 4.74 Å². The standard InChI is InChI=1S/C42H50N6O4/c1-6-8-38(49)48-25(4)9-14-35(48)42-44-33-13-11-27-18-32-30-12-10-28(17-29(30)23-52-37(32)19-31(27)40(33)46-42)34-20-43-41(45-34)36-16-26(22-51-5)21-47(36)39(50)15-24(3)7-2/h10-13,17-20,24-26,35-36H,6-9,14-16,21-23H2,1-5H3,(H,43,45)(H,44,46)/t24-,25-,26-,35-,36-/m0/s1. The van der Waals surface area contributed by atoms with Crippen LogP contribution in [0.4, 0.5) is 0 Å². The Morgan fingerprint density at radius 3 is 2.69 bits per heavy atom. The molecule has 272 valence electrons. The van der Waals surface area contributed by atoms with Crippen LogP contribution in [0.2, 0.25) is 0 Å². The van der Waals surface area contributed by atoms with Crippen molar-refractivity contribution < 1.29 is 19.1 Å². The van der Waals surface area contributed by atoms with E-state index in [4.69, 9.17) is 19.4 Å². The Kier molecular flexibility index (Phi) is 9.28. The van der Waals surface area contributed by atoms with Crippen molar-refractivity contribution >= 4 is 33.6 Å². The van der Waals surface area contributed by atoms with Crippen molar-refractivity contribution in [2.75, 3.05) is 20.3 Å².